The Bertz CT molecular complexity index is 1140. The fraction of sp³-hybridized carbons (Fsp3) is 0.809. The molecule has 12 heteroatoms. The van der Waals surface area contributed by atoms with E-state index in [0.717, 1.165) is 70.6 Å². The number of hydrogen-bond acceptors (Lipinski definition) is 8. The quantitative estimate of drug-likeness (QED) is 0.0200. The Hall–Kier alpha value is -2.30. The third-order valence-corrected chi connectivity index (χ3v) is 11.1. The van der Waals surface area contributed by atoms with Crippen LogP contribution >= 0.6 is 7.82 Å². The van der Waals surface area contributed by atoms with Crippen LogP contribution in [-0.2, 0) is 32.7 Å². The molecule has 0 aliphatic carbocycles. The number of carbonyl (C=O) groups excluding carboxylic acids is 2. The zero-order valence-electron chi connectivity index (χ0n) is 37.3. The maximum atomic E-state index is 12.3. The predicted molar refractivity (Wildman–Crippen MR) is 240 cm³/mol. The molecule has 0 aromatic carbocycles. The summed E-state index contributed by atoms with van der Waals surface area (Å²) in [5, 5.41) is 21.9. The normalized spacial score (nSPS) is 14.0. The van der Waals surface area contributed by atoms with Crippen LogP contribution in [0.4, 0.5) is 0 Å². The standard InChI is InChI=1S/C47H86NO10P/c1-3-5-7-9-11-13-15-17-19-21-23-24-26-28-30-32-34-36-38-45(50)48-44(47(52)53)42-58-59(54,55)57-41-43(49)40-56-46(51)39-37-35-33-31-29-27-25-22-20-18-16-14-12-10-8-6-4-2/h6,8,12,14,18,20,43-44,49H,3-5,7,9-11,13,15-17,19,21-42H2,1-2H3,(H,48,50)(H,52,53)(H,54,55)/b8-6-,14-12-,20-18-. The predicted octanol–water partition coefficient (Wildman–Crippen LogP) is 12.4. The van der Waals surface area contributed by atoms with Gasteiger partial charge in [0.2, 0.25) is 5.91 Å². The summed E-state index contributed by atoms with van der Waals surface area (Å²) in [6.07, 6.45) is 45.9. The van der Waals surface area contributed by atoms with E-state index in [1.54, 1.807) is 0 Å². The van der Waals surface area contributed by atoms with E-state index in [4.69, 9.17) is 13.8 Å². The number of aliphatic hydroxyl groups excluding tert-OH is 1. The minimum absolute atomic E-state index is 0.149. The largest absolute Gasteiger partial charge is 0.480 e. The van der Waals surface area contributed by atoms with Crippen LogP contribution in [0.1, 0.15) is 213 Å². The number of phosphoric ester groups is 1. The van der Waals surface area contributed by atoms with Crippen molar-refractivity contribution in [2.24, 2.45) is 0 Å². The molecular weight excluding hydrogens is 769 g/mol. The Morgan fingerprint density at radius 2 is 0.983 bits per heavy atom. The maximum absolute atomic E-state index is 12.3. The van der Waals surface area contributed by atoms with Gasteiger partial charge in [-0.3, -0.25) is 18.6 Å². The lowest BCUT2D eigenvalue weighted by Crippen LogP contribution is -2.43. The van der Waals surface area contributed by atoms with Gasteiger partial charge in [-0.2, -0.15) is 0 Å². The van der Waals surface area contributed by atoms with E-state index in [1.807, 2.05) is 0 Å². The summed E-state index contributed by atoms with van der Waals surface area (Å²) >= 11 is 0. The van der Waals surface area contributed by atoms with Gasteiger partial charge in [0.25, 0.3) is 0 Å². The second kappa shape index (κ2) is 42.4. The SMILES string of the molecule is CC/C=C\C/C=C\C/C=C\CCCCCCCCCC(=O)OCC(O)COP(=O)(O)OCC(NC(=O)CCCCCCCCCCCCCCCCCCCC)C(=O)O. The smallest absolute Gasteiger partial charge is 0.472 e. The number of amides is 1. The summed E-state index contributed by atoms with van der Waals surface area (Å²) in [5.74, 6) is -2.37. The lowest BCUT2D eigenvalue weighted by molar-refractivity contribution is -0.147. The van der Waals surface area contributed by atoms with E-state index in [1.165, 1.54) is 103 Å². The zero-order valence-corrected chi connectivity index (χ0v) is 38.2. The van der Waals surface area contributed by atoms with Gasteiger partial charge in [0.15, 0.2) is 6.04 Å². The highest BCUT2D eigenvalue weighted by atomic mass is 31.2. The number of rotatable bonds is 44. The Kier molecular flexibility index (Phi) is 40.7. The van der Waals surface area contributed by atoms with Gasteiger partial charge in [-0.05, 0) is 44.9 Å². The Balaban J connectivity index is 3.86. The molecule has 0 rings (SSSR count). The number of aliphatic hydroxyl groups is 1. The number of esters is 1. The second-order valence-electron chi connectivity index (χ2n) is 15.9. The van der Waals surface area contributed by atoms with E-state index >= 15 is 0 Å². The Morgan fingerprint density at radius 1 is 0.559 bits per heavy atom. The van der Waals surface area contributed by atoms with Crippen LogP contribution in [0.5, 0.6) is 0 Å². The van der Waals surface area contributed by atoms with Crippen LogP contribution in [0.25, 0.3) is 0 Å². The van der Waals surface area contributed by atoms with Crippen molar-refractivity contribution in [1.82, 2.24) is 5.32 Å². The van der Waals surface area contributed by atoms with Gasteiger partial charge in [0.05, 0.1) is 13.2 Å². The summed E-state index contributed by atoms with van der Waals surface area (Å²) in [7, 11) is -4.76. The molecular formula is C47H86NO10P. The van der Waals surface area contributed by atoms with E-state index in [2.05, 4.69) is 55.6 Å². The zero-order chi connectivity index (χ0) is 43.5. The molecule has 0 fully saturated rings. The number of carboxylic acid groups (broad SMARTS) is 1. The van der Waals surface area contributed by atoms with Gasteiger partial charge in [0.1, 0.15) is 12.7 Å². The first-order valence-corrected chi connectivity index (χ1v) is 25.0. The first kappa shape index (κ1) is 56.7. The topological polar surface area (TPSA) is 169 Å². The average molecular weight is 856 g/mol. The number of nitrogens with one attached hydrogen (secondary N) is 1. The maximum Gasteiger partial charge on any atom is 0.472 e. The number of hydrogen-bond donors (Lipinski definition) is 4. The summed E-state index contributed by atoms with van der Waals surface area (Å²) in [6.45, 7) is 2.50. The van der Waals surface area contributed by atoms with Crippen molar-refractivity contribution in [3.8, 4) is 0 Å². The minimum Gasteiger partial charge on any atom is -0.480 e. The highest BCUT2D eigenvalue weighted by molar-refractivity contribution is 7.47. The summed E-state index contributed by atoms with van der Waals surface area (Å²) in [5.41, 5.74) is 0. The van der Waals surface area contributed by atoms with Gasteiger partial charge in [-0.15, -0.1) is 0 Å². The lowest BCUT2D eigenvalue weighted by Gasteiger charge is -2.18. The minimum atomic E-state index is -4.76. The third kappa shape index (κ3) is 42.2. The third-order valence-electron chi connectivity index (χ3n) is 10.2. The van der Waals surface area contributed by atoms with Crippen molar-refractivity contribution in [3.05, 3.63) is 36.5 Å². The van der Waals surface area contributed by atoms with Crippen molar-refractivity contribution in [1.29, 1.82) is 0 Å². The molecule has 0 aliphatic rings. The van der Waals surface area contributed by atoms with Crippen molar-refractivity contribution in [2.75, 3.05) is 19.8 Å². The molecule has 344 valence electrons. The molecule has 0 radical (unpaired) electrons. The van der Waals surface area contributed by atoms with Gasteiger partial charge in [0, 0.05) is 12.8 Å². The molecule has 4 N–H and O–H groups in total. The molecule has 0 aliphatic heterocycles. The van der Waals surface area contributed by atoms with Crippen molar-refractivity contribution < 1.29 is 47.8 Å². The van der Waals surface area contributed by atoms with Gasteiger partial charge >= 0.3 is 19.8 Å². The molecule has 0 bridgehead atoms. The number of phosphoric acid groups is 1. The Labute approximate surface area is 359 Å². The van der Waals surface area contributed by atoms with E-state index in [-0.39, 0.29) is 12.8 Å². The van der Waals surface area contributed by atoms with Crippen molar-refractivity contribution in [2.45, 2.75) is 225 Å². The Morgan fingerprint density at radius 3 is 1.47 bits per heavy atom. The molecule has 0 saturated carbocycles. The first-order valence-electron chi connectivity index (χ1n) is 23.5. The summed E-state index contributed by atoms with van der Waals surface area (Å²) in [6, 6.07) is -1.55. The van der Waals surface area contributed by atoms with Crippen LogP contribution in [0, 0.1) is 0 Å². The first-order chi connectivity index (χ1) is 28.6. The fourth-order valence-electron chi connectivity index (χ4n) is 6.57. The molecule has 1 amide bonds. The van der Waals surface area contributed by atoms with E-state index in [0.29, 0.717) is 12.8 Å². The molecule has 59 heavy (non-hydrogen) atoms. The van der Waals surface area contributed by atoms with Crippen LogP contribution in [0.2, 0.25) is 0 Å². The molecule has 11 nitrogen and oxygen atoms in total. The van der Waals surface area contributed by atoms with Gasteiger partial charge in [-0.25, -0.2) is 9.36 Å². The van der Waals surface area contributed by atoms with Gasteiger partial charge < -0.3 is 25.2 Å². The number of carboxylic acids is 1. The lowest BCUT2D eigenvalue weighted by atomic mass is 10.0. The van der Waals surface area contributed by atoms with Crippen LogP contribution in [-0.4, -0.2) is 64.9 Å². The highest BCUT2D eigenvalue weighted by Gasteiger charge is 2.28. The number of ether oxygens (including phenoxy) is 1. The highest BCUT2D eigenvalue weighted by Crippen LogP contribution is 2.43. The number of carbonyl (C=O) groups is 3. The monoisotopic (exact) mass is 856 g/mol. The molecule has 0 aromatic heterocycles. The van der Waals surface area contributed by atoms with Crippen molar-refractivity contribution in [3.63, 3.8) is 0 Å². The van der Waals surface area contributed by atoms with E-state index in [9.17, 15) is 34.1 Å². The van der Waals surface area contributed by atoms with E-state index < -0.39 is 57.6 Å². The average Bonchev–Trinajstić information content (AvgIpc) is 3.21. The fourth-order valence-corrected chi connectivity index (χ4v) is 7.34. The van der Waals surface area contributed by atoms with Crippen LogP contribution in [0.3, 0.4) is 0 Å². The number of unbranched alkanes of at least 4 members (excludes halogenated alkanes) is 24. The number of aliphatic carboxylic acids is 1. The molecule has 0 aromatic rings. The second-order valence-corrected chi connectivity index (χ2v) is 17.4. The summed E-state index contributed by atoms with van der Waals surface area (Å²) < 4.78 is 26.9. The molecule has 0 saturated heterocycles. The summed E-state index contributed by atoms with van der Waals surface area (Å²) in [4.78, 5) is 46.0. The van der Waals surface area contributed by atoms with Gasteiger partial charge in [-0.1, -0.05) is 192 Å². The van der Waals surface area contributed by atoms with Crippen LogP contribution < -0.4 is 5.32 Å². The molecule has 3 atom stereocenters. The molecule has 0 heterocycles. The number of allylic oxidation sites excluding steroid dienone is 6. The van der Waals surface area contributed by atoms with Crippen molar-refractivity contribution >= 4 is 25.7 Å². The molecule has 0 spiro atoms. The van der Waals surface area contributed by atoms with Crippen LogP contribution in [0.15, 0.2) is 36.5 Å². The molecule has 3 unspecified atom stereocenters.